The molecule has 2 amide bonds. The monoisotopic (exact) mass is 373 g/mol. The van der Waals surface area contributed by atoms with Crippen LogP contribution in [0, 0.1) is 5.92 Å². The van der Waals surface area contributed by atoms with Crippen LogP contribution in [0.3, 0.4) is 0 Å². The second kappa shape index (κ2) is 8.78. The van der Waals surface area contributed by atoms with Crippen molar-refractivity contribution in [3.63, 3.8) is 0 Å². The predicted molar refractivity (Wildman–Crippen MR) is 98.2 cm³/mol. The standard InChI is InChI=1S/C19H20ClN3O3/c20-17-11-21-7-6-16(17)19(25)23-10-15-8-13(12-26-15)9-22-18(24)14-4-2-1-3-5-14/h1-7,11,13,15H,8-10,12H2,(H,22,24)(H,23,25). The Morgan fingerprint density at radius 2 is 1.88 bits per heavy atom. The lowest BCUT2D eigenvalue weighted by atomic mass is 10.1. The van der Waals surface area contributed by atoms with Gasteiger partial charge in [-0.15, -0.1) is 0 Å². The fraction of sp³-hybridized carbons (Fsp3) is 0.316. The van der Waals surface area contributed by atoms with Gasteiger partial charge in [-0.3, -0.25) is 14.6 Å². The van der Waals surface area contributed by atoms with Gasteiger partial charge in [0, 0.05) is 37.0 Å². The summed E-state index contributed by atoms with van der Waals surface area (Å²) in [6.07, 6.45) is 3.67. The van der Waals surface area contributed by atoms with Crippen LogP contribution in [-0.4, -0.2) is 42.6 Å². The van der Waals surface area contributed by atoms with E-state index in [0.717, 1.165) is 6.42 Å². The van der Waals surface area contributed by atoms with E-state index in [1.54, 1.807) is 18.2 Å². The van der Waals surface area contributed by atoms with Gasteiger partial charge in [-0.05, 0) is 24.6 Å². The van der Waals surface area contributed by atoms with Gasteiger partial charge in [-0.2, -0.15) is 0 Å². The second-order valence-corrected chi connectivity index (χ2v) is 6.61. The van der Waals surface area contributed by atoms with Crippen molar-refractivity contribution >= 4 is 23.4 Å². The average molecular weight is 374 g/mol. The normalized spacial score (nSPS) is 19.1. The summed E-state index contributed by atoms with van der Waals surface area (Å²) in [5.74, 6) is -0.106. The van der Waals surface area contributed by atoms with Gasteiger partial charge in [0.2, 0.25) is 0 Å². The van der Waals surface area contributed by atoms with Crippen LogP contribution in [0.15, 0.2) is 48.8 Å². The molecule has 1 aromatic carbocycles. The Labute approximate surface area is 156 Å². The predicted octanol–water partition coefficient (Wildman–Crippen LogP) is 2.30. The first-order valence-electron chi connectivity index (χ1n) is 8.46. The first-order chi connectivity index (χ1) is 12.6. The number of pyridine rings is 1. The molecule has 0 aliphatic carbocycles. The van der Waals surface area contributed by atoms with E-state index in [-0.39, 0.29) is 23.8 Å². The largest absolute Gasteiger partial charge is 0.376 e. The fourth-order valence-electron chi connectivity index (χ4n) is 2.85. The summed E-state index contributed by atoms with van der Waals surface area (Å²) in [6.45, 7) is 1.51. The molecule has 2 aromatic rings. The zero-order valence-electron chi connectivity index (χ0n) is 14.2. The van der Waals surface area contributed by atoms with Crippen LogP contribution >= 0.6 is 11.6 Å². The van der Waals surface area contributed by atoms with Gasteiger partial charge < -0.3 is 15.4 Å². The van der Waals surface area contributed by atoms with Gasteiger partial charge in [0.25, 0.3) is 11.8 Å². The number of hydrogen-bond acceptors (Lipinski definition) is 4. The lowest BCUT2D eigenvalue weighted by Crippen LogP contribution is -2.32. The Kier molecular flexibility index (Phi) is 6.20. The van der Waals surface area contributed by atoms with E-state index in [9.17, 15) is 9.59 Å². The van der Waals surface area contributed by atoms with E-state index < -0.39 is 0 Å². The van der Waals surface area contributed by atoms with E-state index in [4.69, 9.17) is 16.3 Å². The van der Waals surface area contributed by atoms with Crippen molar-refractivity contribution < 1.29 is 14.3 Å². The topological polar surface area (TPSA) is 80.3 Å². The smallest absolute Gasteiger partial charge is 0.252 e. The molecule has 7 heteroatoms. The third-order valence-electron chi connectivity index (χ3n) is 4.26. The zero-order valence-corrected chi connectivity index (χ0v) is 14.9. The molecule has 0 spiro atoms. The van der Waals surface area contributed by atoms with Crippen LogP contribution < -0.4 is 10.6 Å². The maximum atomic E-state index is 12.1. The summed E-state index contributed by atoms with van der Waals surface area (Å²) >= 11 is 5.96. The number of hydrogen-bond donors (Lipinski definition) is 2. The van der Waals surface area contributed by atoms with Crippen LogP contribution in [0.2, 0.25) is 5.02 Å². The highest BCUT2D eigenvalue weighted by Crippen LogP contribution is 2.19. The van der Waals surface area contributed by atoms with Crippen molar-refractivity contribution in [1.29, 1.82) is 0 Å². The molecule has 1 aliphatic heterocycles. The van der Waals surface area contributed by atoms with Crippen LogP contribution in [0.5, 0.6) is 0 Å². The van der Waals surface area contributed by atoms with Crippen LogP contribution in [0.1, 0.15) is 27.1 Å². The molecule has 1 aliphatic rings. The molecule has 0 radical (unpaired) electrons. The summed E-state index contributed by atoms with van der Waals surface area (Å²) in [6, 6.07) is 10.7. The number of carbonyl (C=O) groups is 2. The highest BCUT2D eigenvalue weighted by molar-refractivity contribution is 6.33. The van der Waals surface area contributed by atoms with Crippen molar-refractivity contribution in [2.24, 2.45) is 5.92 Å². The summed E-state index contributed by atoms with van der Waals surface area (Å²) in [7, 11) is 0. The molecule has 0 bridgehead atoms. The molecule has 1 aromatic heterocycles. The third kappa shape index (κ3) is 4.80. The molecule has 6 nitrogen and oxygen atoms in total. The van der Waals surface area contributed by atoms with Gasteiger partial charge in [0.05, 0.1) is 23.3 Å². The van der Waals surface area contributed by atoms with Crippen molar-refractivity contribution in [3.8, 4) is 0 Å². The number of nitrogens with zero attached hydrogens (tertiary/aromatic N) is 1. The van der Waals surface area contributed by atoms with E-state index in [1.807, 2.05) is 18.2 Å². The molecule has 2 unspecified atom stereocenters. The summed E-state index contributed by atoms with van der Waals surface area (Å²) < 4.78 is 5.71. The Hall–Kier alpha value is -2.44. The van der Waals surface area contributed by atoms with Gasteiger partial charge in [-0.25, -0.2) is 0 Å². The number of aromatic nitrogens is 1. The van der Waals surface area contributed by atoms with E-state index in [2.05, 4.69) is 15.6 Å². The van der Waals surface area contributed by atoms with Crippen LogP contribution in [-0.2, 0) is 4.74 Å². The molecule has 1 fully saturated rings. The van der Waals surface area contributed by atoms with Gasteiger partial charge in [-0.1, -0.05) is 29.8 Å². The average Bonchev–Trinajstić information content (AvgIpc) is 3.13. The zero-order chi connectivity index (χ0) is 18.4. The Bertz CT molecular complexity index is 770. The Morgan fingerprint density at radius 1 is 1.12 bits per heavy atom. The van der Waals surface area contributed by atoms with Crippen LogP contribution in [0.25, 0.3) is 0 Å². The maximum absolute atomic E-state index is 12.1. The minimum absolute atomic E-state index is 0.0711. The molecule has 2 atom stereocenters. The number of benzene rings is 1. The molecular formula is C19H20ClN3O3. The molecule has 0 saturated carbocycles. The van der Waals surface area contributed by atoms with Crippen molar-refractivity contribution in [2.45, 2.75) is 12.5 Å². The van der Waals surface area contributed by atoms with Crippen molar-refractivity contribution in [1.82, 2.24) is 15.6 Å². The summed E-state index contributed by atoms with van der Waals surface area (Å²) in [4.78, 5) is 28.1. The van der Waals surface area contributed by atoms with Crippen molar-refractivity contribution in [2.75, 3.05) is 19.7 Å². The van der Waals surface area contributed by atoms with E-state index in [0.29, 0.717) is 35.8 Å². The number of carbonyl (C=O) groups excluding carboxylic acids is 2. The molecule has 136 valence electrons. The van der Waals surface area contributed by atoms with Crippen LogP contribution in [0.4, 0.5) is 0 Å². The SMILES string of the molecule is O=C(NCC1COC(CNC(=O)c2ccncc2Cl)C1)c1ccccc1. The molecular weight excluding hydrogens is 354 g/mol. The minimum atomic E-state index is -0.248. The van der Waals surface area contributed by atoms with E-state index in [1.165, 1.54) is 12.4 Å². The molecule has 26 heavy (non-hydrogen) atoms. The van der Waals surface area contributed by atoms with Gasteiger partial charge in [0.1, 0.15) is 0 Å². The number of ether oxygens (including phenoxy) is 1. The number of halogens is 1. The fourth-order valence-corrected chi connectivity index (χ4v) is 3.06. The third-order valence-corrected chi connectivity index (χ3v) is 4.56. The highest BCUT2D eigenvalue weighted by Gasteiger charge is 2.26. The molecule has 2 N–H and O–H groups in total. The molecule has 1 saturated heterocycles. The quantitative estimate of drug-likeness (QED) is 0.814. The molecule has 3 rings (SSSR count). The van der Waals surface area contributed by atoms with Gasteiger partial charge >= 0.3 is 0 Å². The van der Waals surface area contributed by atoms with Gasteiger partial charge in [0.15, 0.2) is 0 Å². The van der Waals surface area contributed by atoms with E-state index >= 15 is 0 Å². The lowest BCUT2D eigenvalue weighted by molar-refractivity contribution is 0.0843. The summed E-state index contributed by atoms with van der Waals surface area (Å²) in [5, 5.41) is 6.08. The number of amides is 2. The molecule has 2 heterocycles. The summed E-state index contributed by atoms with van der Waals surface area (Å²) in [5.41, 5.74) is 1.04. The Balaban J connectivity index is 1.41. The maximum Gasteiger partial charge on any atom is 0.252 e. The highest BCUT2D eigenvalue weighted by atomic mass is 35.5. The minimum Gasteiger partial charge on any atom is -0.376 e. The first kappa shape index (κ1) is 18.4. The number of rotatable bonds is 6. The first-order valence-corrected chi connectivity index (χ1v) is 8.84. The lowest BCUT2D eigenvalue weighted by Gasteiger charge is -2.12. The number of nitrogens with one attached hydrogen (secondary N) is 2. The Morgan fingerprint density at radius 3 is 2.65 bits per heavy atom. The second-order valence-electron chi connectivity index (χ2n) is 6.20. The van der Waals surface area contributed by atoms with Crippen molar-refractivity contribution in [3.05, 3.63) is 64.9 Å².